The van der Waals surface area contributed by atoms with Crippen molar-refractivity contribution < 1.29 is 27.4 Å². The van der Waals surface area contributed by atoms with Gasteiger partial charge in [-0.05, 0) is 67.9 Å². The first-order chi connectivity index (χ1) is 15.7. The van der Waals surface area contributed by atoms with Gasteiger partial charge in [-0.3, -0.25) is 9.52 Å². The summed E-state index contributed by atoms with van der Waals surface area (Å²) in [5.41, 5.74) is 1.66. The zero-order valence-electron chi connectivity index (χ0n) is 18.8. The van der Waals surface area contributed by atoms with Crippen LogP contribution in [0.25, 0.3) is 0 Å². The minimum absolute atomic E-state index is 0.0439. The number of aryl methyl sites for hydroxylation is 1. The minimum atomic E-state index is -3.85. The smallest absolute Gasteiger partial charge is 0.265 e. The molecule has 0 aliphatic heterocycles. The molecule has 0 aromatic heterocycles. The van der Waals surface area contributed by atoms with Crippen LogP contribution >= 0.6 is 0 Å². The van der Waals surface area contributed by atoms with E-state index in [0.29, 0.717) is 28.6 Å². The highest BCUT2D eigenvalue weighted by Gasteiger charge is 2.19. The molecule has 0 bridgehead atoms. The Hall–Kier alpha value is -3.72. The molecule has 9 heteroatoms. The van der Waals surface area contributed by atoms with E-state index in [0.717, 1.165) is 5.56 Å². The molecule has 0 spiro atoms. The molecule has 0 aliphatic carbocycles. The summed E-state index contributed by atoms with van der Waals surface area (Å²) in [6.07, 6.45) is -0.805. The number of sulfonamides is 1. The molecular formula is C24H26N2O6S. The van der Waals surface area contributed by atoms with Crippen LogP contribution in [0.15, 0.2) is 71.6 Å². The number of anilines is 2. The molecule has 0 fully saturated rings. The van der Waals surface area contributed by atoms with Crippen LogP contribution in [0.3, 0.4) is 0 Å². The first-order valence-electron chi connectivity index (χ1n) is 10.1. The average molecular weight is 471 g/mol. The molecule has 33 heavy (non-hydrogen) atoms. The zero-order valence-corrected chi connectivity index (χ0v) is 19.6. The monoisotopic (exact) mass is 470 g/mol. The van der Waals surface area contributed by atoms with Gasteiger partial charge in [-0.1, -0.05) is 18.2 Å². The van der Waals surface area contributed by atoms with Gasteiger partial charge in [-0.15, -0.1) is 0 Å². The van der Waals surface area contributed by atoms with Gasteiger partial charge in [0.05, 0.1) is 24.8 Å². The van der Waals surface area contributed by atoms with E-state index in [4.69, 9.17) is 14.2 Å². The van der Waals surface area contributed by atoms with Crippen molar-refractivity contribution in [2.45, 2.75) is 24.8 Å². The van der Waals surface area contributed by atoms with Crippen LogP contribution in [0.4, 0.5) is 11.4 Å². The van der Waals surface area contributed by atoms with Crippen molar-refractivity contribution in [2.75, 3.05) is 24.3 Å². The molecule has 3 aromatic rings. The van der Waals surface area contributed by atoms with Gasteiger partial charge in [-0.25, -0.2) is 8.42 Å². The third-order valence-corrected chi connectivity index (χ3v) is 6.15. The number of methoxy groups -OCH3 is 2. The predicted octanol–water partition coefficient (Wildman–Crippen LogP) is 4.22. The third kappa shape index (κ3) is 5.95. The summed E-state index contributed by atoms with van der Waals surface area (Å²) < 4.78 is 44.3. The van der Waals surface area contributed by atoms with E-state index in [-0.39, 0.29) is 10.8 Å². The molecule has 3 aromatic carbocycles. The third-order valence-electron chi connectivity index (χ3n) is 4.77. The molecule has 174 valence electrons. The lowest BCUT2D eigenvalue weighted by molar-refractivity contribution is -0.122. The zero-order chi connectivity index (χ0) is 24.0. The van der Waals surface area contributed by atoms with Crippen molar-refractivity contribution in [1.29, 1.82) is 0 Å². The van der Waals surface area contributed by atoms with Crippen LogP contribution in [0.1, 0.15) is 12.5 Å². The lowest BCUT2D eigenvalue weighted by atomic mass is 10.2. The Kier molecular flexibility index (Phi) is 7.44. The highest BCUT2D eigenvalue weighted by molar-refractivity contribution is 7.92. The molecular weight excluding hydrogens is 444 g/mol. The molecule has 1 atom stereocenters. The van der Waals surface area contributed by atoms with Crippen molar-refractivity contribution in [3.05, 3.63) is 72.3 Å². The Balaban J connectivity index is 1.68. The van der Waals surface area contributed by atoms with E-state index in [9.17, 15) is 13.2 Å². The molecule has 0 radical (unpaired) electrons. The van der Waals surface area contributed by atoms with Crippen LogP contribution in [0, 0.1) is 6.92 Å². The summed E-state index contributed by atoms with van der Waals surface area (Å²) in [5, 5.41) is 2.71. The Morgan fingerprint density at radius 3 is 2.15 bits per heavy atom. The first-order valence-corrected chi connectivity index (χ1v) is 11.6. The molecule has 1 amide bonds. The lowest BCUT2D eigenvalue weighted by Crippen LogP contribution is -2.30. The number of rotatable bonds is 9. The summed E-state index contributed by atoms with van der Waals surface area (Å²) in [5.74, 6) is 0.988. The summed E-state index contributed by atoms with van der Waals surface area (Å²) in [7, 11) is -0.863. The number of benzene rings is 3. The maximum absolute atomic E-state index is 12.8. The standard InChI is InChI=1S/C24H26N2O6S/c1-16-9-14-21(30-3)20(15-16)26-33(28,29)19-12-10-18(11-13-19)25-24(27)17(2)32-23-8-6-5-7-22(23)31-4/h5-15,17,26H,1-4H3,(H,25,27)/t17-/m1/s1. The van der Waals surface area contributed by atoms with Gasteiger partial charge in [0.2, 0.25) is 0 Å². The number of nitrogens with one attached hydrogen (secondary N) is 2. The van der Waals surface area contributed by atoms with Gasteiger partial charge in [0, 0.05) is 5.69 Å². The first kappa shape index (κ1) is 23.9. The molecule has 0 aliphatic rings. The molecule has 3 rings (SSSR count). The van der Waals surface area contributed by atoms with E-state index < -0.39 is 16.1 Å². The van der Waals surface area contributed by atoms with Crippen LogP contribution in [0.2, 0.25) is 0 Å². The second kappa shape index (κ2) is 10.3. The van der Waals surface area contributed by atoms with E-state index in [1.54, 1.807) is 43.3 Å². The highest BCUT2D eigenvalue weighted by atomic mass is 32.2. The molecule has 8 nitrogen and oxygen atoms in total. The van der Waals surface area contributed by atoms with Crippen LogP contribution in [0.5, 0.6) is 17.2 Å². The molecule has 0 saturated heterocycles. The normalized spacial score (nSPS) is 11.9. The molecule has 0 saturated carbocycles. The fraction of sp³-hybridized carbons (Fsp3) is 0.208. The largest absolute Gasteiger partial charge is 0.495 e. The highest BCUT2D eigenvalue weighted by Crippen LogP contribution is 2.29. The van der Waals surface area contributed by atoms with Gasteiger partial charge < -0.3 is 19.5 Å². The Bertz CT molecular complexity index is 1230. The van der Waals surface area contributed by atoms with E-state index in [1.807, 2.05) is 13.0 Å². The molecule has 0 unspecified atom stereocenters. The number of carbonyl (C=O) groups is 1. The fourth-order valence-corrected chi connectivity index (χ4v) is 4.09. The van der Waals surface area contributed by atoms with Crippen molar-refractivity contribution in [3.8, 4) is 17.2 Å². The summed E-state index contributed by atoms with van der Waals surface area (Å²) in [6, 6.07) is 18.1. The quantitative estimate of drug-likeness (QED) is 0.485. The molecule has 2 N–H and O–H groups in total. The summed E-state index contributed by atoms with van der Waals surface area (Å²) in [6.45, 7) is 3.47. The Morgan fingerprint density at radius 2 is 1.52 bits per heavy atom. The SMILES string of the molecule is COc1ccc(C)cc1NS(=O)(=O)c1ccc(NC(=O)[C@@H](C)Oc2ccccc2OC)cc1. The number of carbonyl (C=O) groups excluding carboxylic acids is 1. The maximum atomic E-state index is 12.8. The van der Waals surface area contributed by atoms with Gasteiger partial charge in [-0.2, -0.15) is 0 Å². The fourth-order valence-electron chi connectivity index (χ4n) is 3.03. The van der Waals surface area contributed by atoms with E-state index in [2.05, 4.69) is 10.0 Å². The summed E-state index contributed by atoms with van der Waals surface area (Å²) >= 11 is 0. The number of hydrogen-bond acceptors (Lipinski definition) is 6. The maximum Gasteiger partial charge on any atom is 0.265 e. The van der Waals surface area contributed by atoms with Gasteiger partial charge in [0.25, 0.3) is 15.9 Å². The Labute approximate surface area is 193 Å². The van der Waals surface area contributed by atoms with Crippen molar-refractivity contribution in [1.82, 2.24) is 0 Å². The second-order valence-corrected chi connectivity index (χ2v) is 8.92. The number of amides is 1. The average Bonchev–Trinajstić information content (AvgIpc) is 2.79. The van der Waals surface area contributed by atoms with Gasteiger partial charge in [0.1, 0.15) is 5.75 Å². The second-order valence-electron chi connectivity index (χ2n) is 7.23. The van der Waals surface area contributed by atoms with E-state index >= 15 is 0 Å². The van der Waals surface area contributed by atoms with E-state index in [1.165, 1.54) is 38.5 Å². The predicted molar refractivity (Wildman–Crippen MR) is 127 cm³/mol. The van der Waals surface area contributed by atoms with Crippen molar-refractivity contribution >= 4 is 27.3 Å². The Morgan fingerprint density at radius 1 is 0.879 bits per heavy atom. The number of para-hydroxylation sites is 2. The van der Waals surface area contributed by atoms with Crippen LogP contribution in [-0.2, 0) is 14.8 Å². The van der Waals surface area contributed by atoms with Gasteiger partial charge in [0.15, 0.2) is 17.6 Å². The van der Waals surface area contributed by atoms with Crippen molar-refractivity contribution in [3.63, 3.8) is 0 Å². The summed E-state index contributed by atoms with van der Waals surface area (Å²) in [4.78, 5) is 12.6. The van der Waals surface area contributed by atoms with Crippen molar-refractivity contribution in [2.24, 2.45) is 0 Å². The van der Waals surface area contributed by atoms with Gasteiger partial charge >= 0.3 is 0 Å². The number of hydrogen-bond donors (Lipinski definition) is 2. The topological polar surface area (TPSA) is 103 Å². The van der Waals surface area contributed by atoms with Crippen LogP contribution in [-0.4, -0.2) is 34.6 Å². The minimum Gasteiger partial charge on any atom is -0.495 e. The lowest BCUT2D eigenvalue weighted by Gasteiger charge is -2.17. The van der Waals surface area contributed by atoms with Crippen LogP contribution < -0.4 is 24.2 Å². The molecule has 0 heterocycles. The number of ether oxygens (including phenoxy) is 3.